The lowest BCUT2D eigenvalue weighted by atomic mass is 10.1. The van der Waals surface area contributed by atoms with Crippen molar-refractivity contribution in [2.45, 2.75) is 32.3 Å². The van der Waals surface area contributed by atoms with Crippen LogP contribution in [-0.4, -0.2) is 4.43 Å². The molecule has 3 heteroatoms. The molecular formula is C18H20FIO. The van der Waals surface area contributed by atoms with Crippen LogP contribution in [0.4, 0.5) is 4.39 Å². The fourth-order valence-corrected chi connectivity index (χ4v) is 2.64. The largest absolute Gasteiger partial charge is 0.489 e. The van der Waals surface area contributed by atoms with Crippen molar-refractivity contribution >= 4 is 22.6 Å². The number of benzene rings is 2. The molecule has 0 fully saturated rings. The SMILES string of the molecule is Fc1ccc(COc2ccc(CCCCCI)cc2)cc1. The lowest BCUT2D eigenvalue weighted by Gasteiger charge is -2.07. The molecule has 0 heterocycles. The van der Waals surface area contributed by atoms with Crippen LogP contribution in [0.3, 0.4) is 0 Å². The predicted octanol–water partition coefficient (Wildman–Crippen LogP) is 5.55. The van der Waals surface area contributed by atoms with Gasteiger partial charge in [-0.05, 0) is 59.1 Å². The van der Waals surface area contributed by atoms with E-state index in [0.717, 1.165) is 17.7 Å². The Balaban J connectivity index is 1.78. The van der Waals surface area contributed by atoms with Gasteiger partial charge in [0.05, 0.1) is 0 Å². The van der Waals surface area contributed by atoms with Crippen LogP contribution in [0.15, 0.2) is 48.5 Å². The van der Waals surface area contributed by atoms with E-state index in [0.29, 0.717) is 6.61 Å². The highest BCUT2D eigenvalue weighted by molar-refractivity contribution is 14.1. The third-order valence-corrected chi connectivity index (χ3v) is 4.10. The first kappa shape index (κ1) is 16.3. The first-order valence-corrected chi connectivity index (χ1v) is 8.82. The molecule has 0 aliphatic heterocycles. The van der Waals surface area contributed by atoms with E-state index in [4.69, 9.17) is 4.74 Å². The lowest BCUT2D eigenvalue weighted by Crippen LogP contribution is -1.95. The minimum Gasteiger partial charge on any atom is -0.489 e. The molecule has 0 saturated heterocycles. The second kappa shape index (κ2) is 9.03. The quantitative estimate of drug-likeness (QED) is 0.322. The number of unbranched alkanes of at least 4 members (excludes halogenated alkanes) is 2. The minimum atomic E-state index is -0.217. The maximum Gasteiger partial charge on any atom is 0.123 e. The van der Waals surface area contributed by atoms with Gasteiger partial charge in [0, 0.05) is 0 Å². The molecule has 0 aliphatic rings. The van der Waals surface area contributed by atoms with Crippen molar-refractivity contribution < 1.29 is 9.13 Å². The summed E-state index contributed by atoms with van der Waals surface area (Å²) in [5, 5.41) is 0. The van der Waals surface area contributed by atoms with Crippen LogP contribution in [0, 0.1) is 5.82 Å². The van der Waals surface area contributed by atoms with Crippen LogP contribution in [0.5, 0.6) is 5.75 Å². The number of rotatable bonds is 8. The van der Waals surface area contributed by atoms with Crippen LogP contribution in [0.2, 0.25) is 0 Å². The molecule has 0 saturated carbocycles. The molecule has 0 bridgehead atoms. The van der Waals surface area contributed by atoms with Crippen molar-refractivity contribution in [3.8, 4) is 5.75 Å². The molecule has 0 radical (unpaired) electrons. The smallest absolute Gasteiger partial charge is 0.123 e. The number of alkyl halides is 1. The van der Waals surface area contributed by atoms with Gasteiger partial charge in [0.15, 0.2) is 0 Å². The third kappa shape index (κ3) is 6.04. The van der Waals surface area contributed by atoms with E-state index in [-0.39, 0.29) is 5.82 Å². The highest BCUT2D eigenvalue weighted by Crippen LogP contribution is 2.16. The molecule has 2 aromatic rings. The van der Waals surface area contributed by atoms with Crippen LogP contribution in [0.25, 0.3) is 0 Å². The zero-order chi connectivity index (χ0) is 14.9. The predicted molar refractivity (Wildman–Crippen MR) is 93.6 cm³/mol. The normalized spacial score (nSPS) is 10.6. The van der Waals surface area contributed by atoms with Gasteiger partial charge in [-0.25, -0.2) is 4.39 Å². The first-order chi connectivity index (χ1) is 10.3. The average molecular weight is 398 g/mol. The maximum absolute atomic E-state index is 12.8. The second-order valence-corrected chi connectivity index (χ2v) is 6.14. The number of halogens is 2. The van der Waals surface area contributed by atoms with Crippen molar-refractivity contribution in [1.29, 1.82) is 0 Å². The van der Waals surface area contributed by atoms with Crippen molar-refractivity contribution in [1.82, 2.24) is 0 Å². The summed E-state index contributed by atoms with van der Waals surface area (Å²) in [6.45, 7) is 0.468. The maximum atomic E-state index is 12.8. The van der Waals surface area contributed by atoms with Crippen molar-refractivity contribution in [2.75, 3.05) is 4.43 Å². The Morgan fingerprint density at radius 2 is 1.48 bits per heavy atom. The number of ether oxygens (including phenoxy) is 1. The van der Waals surface area contributed by atoms with Crippen molar-refractivity contribution in [3.63, 3.8) is 0 Å². The van der Waals surface area contributed by atoms with Gasteiger partial charge in [-0.1, -0.05) is 53.3 Å². The van der Waals surface area contributed by atoms with Gasteiger partial charge < -0.3 is 4.74 Å². The van der Waals surface area contributed by atoms with Crippen molar-refractivity contribution in [2.24, 2.45) is 0 Å². The minimum absolute atomic E-state index is 0.217. The molecule has 2 aromatic carbocycles. The van der Waals surface area contributed by atoms with Gasteiger partial charge in [-0.3, -0.25) is 0 Å². The van der Waals surface area contributed by atoms with E-state index in [1.165, 1.54) is 41.4 Å². The lowest BCUT2D eigenvalue weighted by molar-refractivity contribution is 0.306. The summed E-state index contributed by atoms with van der Waals surface area (Å²) in [5.74, 6) is 0.640. The average Bonchev–Trinajstić information content (AvgIpc) is 2.52. The summed E-state index contributed by atoms with van der Waals surface area (Å²) in [5.41, 5.74) is 2.33. The van der Waals surface area contributed by atoms with Gasteiger partial charge in [-0.2, -0.15) is 0 Å². The Morgan fingerprint density at radius 3 is 2.14 bits per heavy atom. The molecule has 0 N–H and O–H groups in total. The standard InChI is InChI=1S/C18H20FIO/c19-17-9-5-16(6-10-17)14-21-18-11-7-15(8-12-18)4-2-1-3-13-20/h5-12H,1-4,13-14H2. The zero-order valence-corrected chi connectivity index (χ0v) is 14.2. The Hall–Kier alpha value is -1.10. The van der Waals surface area contributed by atoms with Crippen LogP contribution in [0.1, 0.15) is 30.4 Å². The van der Waals surface area contributed by atoms with E-state index in [2.05, 4.69) is 34.7 Å². The van der Waals surface area contributed by atoms with Gasteiger partial charge in [0.2, 0.25) is 0 Å². The number of aryl methyl sites for hydroxylation is 1. The van der Waals surface area contributed by atoms with Crippen LogP contribution >= 0.6 is 22.6 Å². The highest BCUT2D eigenvalue weighted by Gasteiger charge is 1.98. The Morgan fingerprint density at radius 1 is 0.810 bits per heavy atom. The van der Waals surface area contributed by atoms with E-state index < -0.39 is 0 Å². The summed E-state index contributed by atoms with van der Waals surface area (Å²) < 4.78 is 19.8. The molecule has 0 aliphatic carbocycles. The van der Waals surface area contributed by atoms with Gasteiger partial charge in [-0.15, -0.1) is 0 Å². The Labute approximate surface area is 139 Å². The molecule has 21 heavy (non-hydrogen) atoms. The van der Waals surface area contributed by atoms with Gasteiger partial charge in [0.25, 0.3) is 0 Å². The third-order valence-electron chi connectivity index (χ3n) is 3.34. The second-order valence-electron chi connectivity index (χ2n) is 5.06. The molecule has 0 unspecified atom stereocenters. The summed E-state index contributed by atoms with van der Waals surface area (Å²) in [6, 6.07) is 14.7. The van der Waals surface area contributed by atoms with E-state index in [1.807, 2.05) is 12.1 Å². The molecule has 1 nitrogen and oxygen atoms in total. The topological polar surface area (TPSA) is 9.23 Å². The molecular weight excluding hydrogens is 378 g/mol. The summed E-state index contributed by atoms with van der Waals surface area (Å²) in [4.78, 5) is 0. The highest BCUT2D eigenvalue weighted by atomic mass is 127. The van der Waals surface area contributed by atoms with Crippen LogP contribution in [-0.2, 0) is 13.0 Å². The molecule has 0 aromatic heterocycles. The first-order valence-electron chi connectivity index (χ1n) is 7.30. The van der Waals surface area contributed by atoms with Gasteiger partial charge >= 0.3 is 0 Å². The molecule has 0 amide bonds. The fraction of sp³-hybridized carbons (Fsp3) is 0.333. The summed E-state index contributed by atoms with van der Waals surface area (Å²) in [7, 11) is 0. The van der Waals surface area contributed by atoms with E-state index in [1.54, 1.807) is 12.1 Å². The Kier molecular flexibility index (Phi) is 7.00. The monoisotopic (exact) mass is 398 g/mol. The summed E-state index contributed by atoms with van der Waals surface area (Å²) in [6.07, 6.45) is 4.98. The van der Waals surface area contributed by atoms with Crippen molar-refractivity contribution in [3.05, 3.63) is 65.5 Å². The number of hydrogen-bond acceptors (Lipinski definition) is 1. The Bertz CT molecular complexity index is 522. The number of hydrogen-bond donors (Lipinski definition) is 0. The van der Waals surface area contributed by atoms with Crippen LogP contribution < -0.4 is 4.74 Å². The van der Waals surface area contributed by atoms with E-state index >= 15 is 0 Å². The summed E-state index contributed by atoms with van der Waals surface area (Å²) >= 11 is 2.42. The molecule has 0 spiro atoms. The molecule has 0 atom stereocenters. The zero-order valence-electron chi connectivity index (χ0n) is 12.0. The fourth-order valence-electron chi connectivity index (χ4n) is 2.10. The molecule has 112 valence electrons. The van der Waals surface area contributed by atoms with E-state index in [9.17, 15) is 4.39 Å². The molecule has 2 rings (SSSR count). The van der Waals surface area contributed by atoms with Gasteiger partial charge in [0.1, 0.15) is 18.2 Å².